The first-order valence-corrected chi connectivity index (χ1v) is 4.63. The molecule has 0 aromatic rings. The fourth-order valence-corrected chi connectivity index (χ4v) is 1.56. The van der Waals surface area contributed by atoms with Crippen LogP contribution in [0.25, 0.3) is 0 Å². The summed E-state index contributed by atoms with van der Waals surface area (Å²) in [7, 11) is 1.82. The molecule has 1 atom stereocenters. The SMILES string of the molecule is CN1CCNC(N2C=[C]N=CC2)C1=O. The highest BCUT2D eigenvalue weighted by atomic mass is 16.2. The van der Waals surface area contributed by atoms with E-state index in [-0.39, 0.29) is 12.1 Å². The van der Waals surface area contributed by atoms with Gasteiger partial charge in [0.15, 0.2) is 6.17 Å². The number of carbonyl (C=O) groups is 1. The molecule has 0 bridgehead atoms. The smallest absolute Gasteiger partial charge is 0.260 e. The second-order valence-corrected chi connectivity index (χ2v) is 3.38. The van der Waals surface area contributed by atoms with Gasteiger partial charge in [0.05, 0.1) is 6.54 Å². The molecule has 2 heterocycles. The Morgan fingerprint density at radius 2 is 2.57 bits per heavy atom. The van der Waals surface area contributed by atoms with Crippen LogP contribution in [0.4, 0.5) is 0 Å². The van der Waals surface area contributed by atoms with Crippen LogP contribution in [0.2, 0.25) is 0 Å². The van der Waals surface area contributed by atoms with Gasteiger partial charge in [-0.05, 0) is 0 Å². The highest BCUT2D eigenvalue weighted by molar-refractivity contribution is 5.82. The summed E-state index contributed by atoms with van der Waals surface area (Å²) in [6.45, 7) is 2.25. The first kappa shape index (κ1) is 9.21. The van der Waals surface area contributed by atoms with Crippen LogP contribution in [0, 0.1) is 6.20 Å². The van der Waals surface area contributed by atoms with Crippen molar-refractivity contribution in [3.63, 3.8) is 0 Å². The maximum Gasteiger partial charge on any atom is 0.260 e. The van der Waals surface area contributed by atoms with E-state index in [4.69, 9.17) is 0 Å². The Bertz CT molecular complexity index is 287. The maximum atomic E-state index is 11.8. The molecule has 14 heavy (non-hydrogen) atoms. The number of nitrogens with zero attached hydrogens (tertiary/aromatic N) is 3. The molecule has 1 unspecified atom stereocenters. The first-order chi connectivity index (χ1) is 6.79. The summed E-state index contributed by atoms with van der Waals surface area (Å²) in [5.41, 5.74) is 0. The molecule has 1 amide bonds. The minimum Gasteiger partial charge on any atom is -0.347 e. The van der Waals surface area contributed by atoms with E-state index >= 15 is 0 Å². The van der Waals surface area contributed by atoms with Gasteiger partial charge in [-0.25, -0.2) is 0 Å². The zero-order chi connectivity index (χ0) is 9.97. The average Bonchev–Trinajstić information content (AvgIpc) is 2.23. The molecule has 1 fully saturated rings. The lowest BCUT2D eigenvalue weighted by atomic mass is 10.3. The maximum absolute atomic E-state index is 11.8. The number of carbonyl (C=O) groups excluding carboxylic acids is 1. The average molecular weight is 193 g/mol. The number of likely N-dealkylation sites (N-methyl/N-ethyl adjacent to an activating group) is 1. The van der Waals surface area contributed by atoms with E-state index in [9.17, 15) is 4.79 Å². The zero-order valence-corrected chi connectivity index (χ0v) is 8.10. The molecule has 2 rings (SSSR count). The lowest BCUT2D eigenvalue weighted by Gasteiger charge is -2.36. The normalized spacial score (nSPS) is 27.2. The molecule has 5 nitrogen and oxygen atoms in total. The third-order valence-corrected chi connectivity index (χ3v) is 2.41. The second-order valence-electron chi connectivity index (χ2n) is 3.38. The van der Waals surface area contributed by atoms with Crippen molar-refractivity contribution in [3.05, 3.63) is 12.4 Å². The van der Waals surface area contributed by atoms with E-state index in [1.54, 1.807) is 17.3 Å². The Balaban J connectivity index is 2.05. The number of nitrogens with one attached hydrogen (secondary N) is 1. The van der Waals surface area contributed by atoms with Crippen LogP contribution >= 0.6 is 0 Å². The predicted octanol–water partition coefficient (Wildman–Crippen LogP) is -0.965. The monoisotopic (exact) mass is 193 g/mol. The van der Waals surface area contributed by atoms with Gasteiger partial charge in [0, 0.05) is 32.6 Å². The summed E-state index contributed by atoms with van der Waals surface area (Å²) in [4.78, 5) is 19.2. The Hall–Kier alpha value is -1.36. The van der Waals surface area contributed by atoms with Gasteiger partial charge >= 0.3 is 0 Å². The minimum absolute atomic E-state index is 0.101. The molecule has 5 heteroatoms. The van der Waals surface area contributed by atoms with E-state index in [2.05, 4.69) is 16.5 Å². The lowest BCUT2D eigenvalue weighted by Crippen LogP contribution is -2.60. The Labute approximate surface area is 83.1 Å². The molecule has 1 saturated heterocycles. The molecule has 0 saturated carbocycles. The summed E-state index contributed by atoms with van der Waals surface area (Å²) in [5.74, 6) is 0.101. The number of piperazine rings is 1. The second kappa shape index (κ2) is 3.79. The molecule has 0 spiro atoms. The van der Waals surface area contributed by atoms with Crippen LogP contribution < -0.4 is 5.32 Å². The fraction of sp³-hybridized carbons (Fsp3) is 0.556. The van der Waals surface area contributed by atoms with Crippen molar-refractivity contribution in [2.75, 3.05) is 26.7 Å². The van der Waals surface area contributed by atoms with E-state index < -0.39 is 0 Å². The van der Waals surface area contributed by atoms with Gasteiger partial charge in [-0.2, -0.15) is 0 Å². The highest BCUT2D eigenvalue weighted by Gasteiger charge is 2.29. The number of aliphatic imine (C=N–C) groups is 1. The van der Waals surface area contributed by atoms with Crippen molar-refractivity contribution in [2.24, 2.45) is 4.99 Å². The number of amides is 1. The molecule has 0 aromatic carbocycles. The van der Waals surface area contributed by atoms with Crippen molar-refractivity contribution in [2.45, 2.75) is 6.17 Å². The van der Waals surface area contributed by atoms with E-state index in [0.29, 0.717) is 6.54 Å². The van der Waals surface area contributed by atoms with Crippen LogP contribution in [-0.2, 0) is 4.79 Å². The Morgan fingerprint density at radius 1 is 1.71 bits per heavy atom. The third-order valence-electron chi connectivity index (χ3n) is 2.41. The van der Waals surface area contributed by atoms with Gasteiger partial charge < -0.3 is 9.80 Å². The van der Waals surface area contributed by atoms with Gasteiger partial charge in [-0.3, -0.25) is 15.1 Å². The van der Waals surface area contributed by atoms with Gasteiger partial charge in [0.1, 0.15) is 6.20 Å². The molecule has 2 aliphatic heterocycles. The highest BCUT2D eigenvalue weighted by Crippen LogP contribution is 2.06. The summed E-state index contributed by atoms with van der Waals surface area (Å²) < 4.78 is 0. The topological polar surface area (TPSA) is 47.9 Å². The lowest BCUT2D eigenvalue weighted by molar-refractivity contribution is -0.138. The van der Waals surface area contributed by atoms with Crippen LogP contribution in [0.5, 0.6) is 0 Å². The number of rotatable bonds is 1. The number of hydrogen-bond donors (Lipinski definition) is 1. The Morgan fingerprint density at radius 3 is 3.29 bits per heavy atom. The van der Waals surface area contributed by atoms with Crippen molar-refractivity contribution < 1.29 is 4.79 Å². The predicted molar refractivity (Wildman–Crippen MR) is 52.4 cm³/mol. The summed E-state index contributed by atoms with van der Waals surface area (Å²) in [6.07, 6.45) is 5.93. The molecular formula is C9H13N4O. The van der Waals surface area contributed by atoms with Crippen molar-refractivity contribution >= 4 is 12.1 Å². The third kappa shape index (κ3) is 1.63. The summed E-state index contributed by atoms with van der Waals surface area (Å²) in [5, 5.41) is 3.17. The molecule has 0 aromatic heterocycles. The van der Waals surface area contributed by atoms with E-state index in [0.717, 1.165) is 13.1 Å². The van der Waals surface area contributed by atoms with E-state index in [1.807, 2.05) is 11.9 Å². The molecule has 1 N–H and O–H groups in total. The van der Waals surface area contributed by atoms with Crippen LogP contribution in [0.3, 0.4) is 0 Å². The van der Waals surface area contributed by atoms with Crippen molar-refractivity contribution in [3.8, 4) is 0 Å². The van der Waals surface area contributed by atoms with Crippen LogP contribution in [0.1, 0.15) is 0 Å². The molecular weight excluding hydrogens is 180 g/mol. The number of hydrogen-bond acceptors (Lipinski definition) is 4. The summed E-state index contributed by atoms with van der Waals surface area (Å²) in [6, 6.07) is 0. The van der Waals surface area contributed by atoms with Gasteiger partial charge in [0.25, 0.3) is 5.91 Å². The van der Waals surface area contributed by atoms with Crippen LogP contribution in [-0.4, -0.2) is 54.8 Å². The Kier molecular flexibility index (Phi) is 2.49. The molecule has 0 aliphatic carbocycles. The first-order valence-electron chi connectivity index (χ1n) is 4.63. The van der Waals surface area contributed by atoms with Crippen LogP contribution in [0.15, 0.2) is 11.2 Å². The zero-order valence-electron chi connectivity index (χ0n) is 8.10. The molecule has 2 aliphatic rings. The fourth-order valence-electron chi connectivity index (χ4n) is 1.56. The standard InChI is InChI=1S/C9H13N4O/c1-12-5-4-11-8(9(12)14)13-6-2-10-3-7-13/h2,7-8,11H,4-6H2,1H3. The quantitative estimate of drug-likeness (QED) is 0.583. The van der Waals surface area contributed by atoms with Crippen molar-refractivity contribution in [1.29, 1.82) is 0 Å². The largest absolute Gasteiger partial charge is 0.347 e. The van der Waals surface area contributed by atoms with Gasteiger partial charge in [-0.15, -0.1) is 0 Å². The summed E-state index contributed by atoms with van der Waals surface area (Å²) >= 11 is 0. The molecule has 75 valence electrons. The van der Waals surface area contributed by atoms with Gasteiger partial charge in [-0.1, -0.05) is 0 Å². The van der Waals surface area contributed by atoms with E-state index in [1.165, 1.54) is 0 Å². The van der Waals surface area contributed by atoms with Gasteiger partial charge in [0.2, 0.25) is 0 Å². The van der Waals surface area contributed by atoms with Crippen molar-refractivity contribution in [1.82, 2.24) is 15.1 Å². The molecule has 1 radical (unpaired) electrons. The minimum atomic E-state index is -0.256.